The molecule has 0 radical (unpaired) electrons. The van der Waals surface area contributed by atoms with Gasteiger partial charge < -0.3 is 4.74 Å². The van der Waals surface area contributed by atoms with Crippen LogP contribution in [0.25, 0.3) is 22.1 Å². The summed E-state index contributed by atoms with van der Waals surface area (Å²) in [6, 6.07) is 12.4. The van der Waals surface area contributed by atoms with Gasteiger partial charge >= 0.3 is 10.4 Å². The SMILES string of the molecule is CCc1ccc2c(nc3ccccc3[n+]2C)c1OC.O=S(=O)(O)O. The Hall–Kier alpha value is -2.29. The van der Waals surface area contributed by atoms with Crippen molar-refractivity contribution in [2.75, 3.05) is 7.11 Å². The van der Waals surface area contributed by atoms with Crippen molar-refractivity contribution in [1.29, 1.82) is 0 Å². The van der Waals surface area contributed by atoms with Gasteiger partial charge in [-0.2, -0.15) is 13.0 Å². The van der Waals surface area contributed by atoms with Gasteiger partial charge in [0.1, 0.15) is 12.6 Å². The molecule has 3 rings (SSSR count). The minimum Gasteiger partial charge on any atom is -0.494 e. The highest BCUT2D eigenvalue weighted by atomic mass is 32.3. The molecular formula is C16H19N2O5S+. The smallest absolute Gasteiger partial charge is 0.394 e. The van der Waals surface area contributed by atoms with Crippen LogP contribution >= 0.6 is 0 Å². The van der Waals surface area contributed by atoms with Crippen LogP contribution in [0.3, 0.4) is 0 Å². The summed E-state index contributed by atoms with van der Waals surface area (Å²) in [6.07, 6.45) is 0.942. The first-order chi connectivity index (χ1) is 11.3. The lowest BCUT2D eigenvalue weighted by molar-refractivity contribution is -0.618. The molecule has 3 aromatic rings. The summed E-state index contributed by atoms with van der Waals surface area (Å²) in [5.74, 6) is 0.890. The summed E-state index contributed by atoms with van der Waals surface area (Å²) in [4.78, 5) is 4.77. The van der Waals surface area contributed by atoms with Crippen LogP contribution in [0, 0.1) is 0 Å². The Morgan fingerprint density at radius 1 is 1.12 bits per heavy atom. The Kier molecular flexibility index (Phi) is 5.33. The van der Waals surface area contributed by atoms with Gasteiger partial charge in [-0.15, -0.1) is 0 Å². The summed E-state index contributed by atoms with van der Waals surface area (Å²) >= 11 is 0. The van der Waals surface area contributed by atoms with Crippen LogP contribution in [0.2, 0.25) is 0 Å². The molecule has 0 aliphatic rings. The summed E-state index contributed by atoms with van der Waals surface area (Å²) in [7, 11) is -0.887. The lowest BCUT2D eigenvalue weighted by Gasteiger charge is -2.09. The van der Waals surface area contributed by atoms with E-state index in [1.165, 1.54) is 5.56 Å². The first-order valence-corrected chi connectivity index (χ1v) is 8.60. The molecule has 7 nitrogen and oxygen atoms in total. The molecule has 0 aliphatic heterocycles. The highest BCUT2D eigenvalue weighted by molar-refractivity contribution is 7.79. The maximum absolute atomic E-state index is 8.74. The zero-order chi connectivity index (χ0) is 17.9. The molecule has 128 valence electrons. The van der Waals surface area contributed by atoms with Gasteiger partial charge in [0.2, 0.25) is 11.0 Å². The second-order valence-electron chi connectivity index (χ2n) is 5.09. The fourth-order valence-electron chi connectivity index (χ4n) is 2.58. The van der Waals surface area contributed by atoms with Gasteiger partial charge in [0, 0.05) is 12.1 Å². The Bertz CT molecular complexity index is 979. The van der Waals surface area contributed by atoms with Crippen molar-refractivity contribution in [3.63, 3.8) is 0 Å². The minimum atomic E-state index is -4.67. The van der Waals surface area contributed by atoms with Crippen LogP contribution in [-0.2, 0) is 23.9 Å². The topological polar surface area (TPSA) is 101 Å². The van der Waals surface area contributed by atoms with E-state index in [0.29, 0.717) is 0 Å². The highest BCUT2D eigenvalue weighted by Crippen LogP contribution is 2.28. The number of fused-ring (bicyclic) bond motifs is 2. The lowest BCUT2D eigenvalue weighted by Crippen LogP contribution is -2.30. The molecule has 0 saturated carbocycles. The van der Waals surface area contributed by atoms with E-state index in [-0.39, 0.29) is 0 Å². The Morgan fingerprint density at radius 2 is 1.75 bits per heavy atom. The van der Waals surface area contributed by atoms with Crippen LogP contribution in [0.15, 0.2) is 36.4 Å². The second kappa shape index (κ2) is 7.08. The number of hydrogen-bond acceptors (Lipinski definition) is 4. The van der Waals surface area contributed by atoms with Crippen LogP contribution in [-0.4, -0.2) is 29.6 Å². The van der Waals surface area contributed by atoms with E-state index in [1.54, 1.807) is 7.11 Å². The van der Waals surface area contributed by atoms with E-state index in [1.807, 2.05) is 18.2 Å². The van der Waals surface area contributed by atoms with E-state index in [2.05, 4.69) is 36.7 Å². The Morgan fingerprint density at radius 3 is 2.33 bits per heavy atom. The molecule has 0 bridgehead atoms. The molecule has 0 saturated heterocycles. The van der Waals surface area contributed by atoms with Gasteiger partial charge in [-0.1, -0.05) is 19.1 Å². The Balaban J connectivity index is 0.000000368. The second-order valence-corrected chi connectivity index (χ2v) is 5.98. The number of rotatable bonds is 2. The first kappa shape index (κ1) is 18.1. The third-order valence-corrected chi connectivity index (χ3v) is 3.61. The number of aromatic nitrogens is 2. The summed E-state index contributed by atoms with van der Waals surface area (Å²) in [5, 5.41) is 0. The van der Waals surface area contributed by atoms with Crippen LogP contribution in [0.4, 0.5) is 0 Å². The quantitative estimate of drug-likeness (QED) is 0.417. The number of nitrogens with zero attached hydrogens (tertiary/aromatic N) is 2. The molecule has 0 spiro atoms. The molecule has 1 heterocycles. The van der Waals surface area contributed by atoms with Gasteiger partial charge in [0.15, 0.2) is 11.3 Å². The van der Waals surface area contributed by atoms with Crippen molar-refractivity contribution < 1.29 is 26.8 Å². The molecule has 24 heavy (non-hydrogen) atoms. The third kappa shape index (κ3) is 3.97. The zero-order valence-corrected chi connectivity index (χ0v) is 14.4. The van der Waals surface area contributed by atoms with E-state index in [0.717, 1.165) is 34.2 Å². The van der Waals surface area contributed by atoms with E-state index in [4.69, 9.17) is 27.2 Å². The standard InChI is InChI=1S/C16H17N2O.H2O4S/c1-4-11-9-10-14-15(16(11)19-3)17-12-7-5-6-8-13(12)18(14)2;1-5(2,3)4/h5-10H,4H2,1-3H3;(H2,1,2,3,4)/q+1;. The molecule has 0 aliphatic carbocycles. The van der Waals surface area contributed by atoms with Crippen molar-refractivity contribution in [1.82, 2.24) is 4.98 Å². The van der Waals surface area contributed by atoms with E-state index < -0.39 is 10.4 Å². The van der Waals surface area contributed by atoms with Gasteiger partial charge in [-0.05, 0) is 24.1 Å². The van der Waals surface area contributed by atoms with E-state index in [9.17, 15) is 0 Å². The van der Waals surface area contributed by atoms with Crippen molar-refractivity contribution in [2.45, 2.75) is 13.3 Å². The first-order valence-electron chi connectivity index (χ1n) is 7.20. The average Bonchev–Trinajstić information content (AvgIpc) is 2.52. The number of benzene rings is 2. The normalized spacial score (nSPS) is 11.2. The average molecular weight is 351 g/mol. The predicted molar refractivity (Wildman–Crippen MR) is 90.5 cm³/mol. The van der Waals surface area contributed by atoms with Crippen molar-refractivity contribution in [3.8, 4) is 5.75 Å². The molecule has 1 aromatic heterocycles. The zero-order valence-electron chi connectivity index (χ0n) is 13.6. The number of hydrogen-bond donors (Lipinski definition) is 2. The number of ether oxygens (including phenoxy) is 1. The number of para-hydroxylation sites is 2. The molecular weight excluding hydrogens is 332 g/mol. The maximum Gasteiger partial charge on any atom is 0.394 e. The number of aryl methyl sites for hydroxylation is 2. The predicted octanol–water partition coefficient (Wildman–Crippen LogP) is 2.13. The Labute approximate surface area is 140 Å². The van der Waals surface area contributed by atoms with Crippen molar-refractivity contribution >= 4 is 32.5 Å². The van der Waals surface area contributed by atoms with Crippen LogP contribution < -0.4 is 9.30 Å². The molecule has 0 atom stereocenters. The lowest BCUT2D eigenvalue weighted by atomic mass is 10.1. The molecule has 0 unspecified atom stereocenters. The van der Waals surface area contributed by atoms with Crippen LogP contribution in [0.1, 0.15) is 12.5 Å². The van der Waals surface area contributed by atoms with Gasteiger partial charge in [-0.3, -0.25) is 9.11 Å². The monoisotopic (exact) mass is 351 g/mol. The fraction of sp³-hybridized carbons (Fsp3) is 0.250. The van der Waals surface area contributed by atoms with Crippen LogP contribution in [0.5, 0.6) is 5.75 Å². The molecule has 0 amide bonds. The van der Waals surface area contributed by atoms with Gasteiger partial charge in [0.05, 0.1) is 7.11 Å². The van der Waals surface area contributed by atoms with Crippen molar-refractivity contribution in [3.05, 3.63) is 42.0 Å². The minimum absolute atomic E-state index is 0.890. The molecule has 0 fully saturated rings. The molecule has 2 N–H and O–H groups in total. The number of methoxy groups -OCH3 is 1. The van der Waals surface area contributed by atoms with Crippen molar-refractivity contribution in [2.24, 2.45) is 7.05 Å². The summed E-state index contributed by atoms with van der Waals surface area (Å²) < 4.78 is 39.3. The third-order valence-electron chi connectivity index (χ3n) is 3.61. The van der Waals surface area contributed by atoms with E-state index >= 15 is 0 Å². The molecule has 2 aromatic carbocycles. The van der Waals surface area contributed by atoms with Gasteiger partial charge in [-0.25, -0.2) is 4.98 Å². The van der Waals surface area contributed by atoms with Gasteiger partial charge in [0.25, 0.3) is 0 Å². The largest absolute Gasteiger partial charge is 0.494 e. The summed E-state index contributed by atoms with van der Waals surface area (Å²) in [5.41, 5.74) is 5.33. The summed E-state index contributed by atoms with van der Waals surface area (Å²) in [6.45, 7) is 2.13. The maximum atomic E-state index is 8.74. The molecule has 8 heteroatoms. The highest BCUT2D eigenvalue weighted by Gasteiger charge is 2.17. The fourth-order valence-corrected chi connectivity index (χ4v) is 2.58.